The van der Waals surface area contributed by atoms with Crippen molar-refractivity contribution in [1.82, 2.24) is 14.5 Å². The number of hydrogen-bond donors (Lipinski definition) is 0. The lowest BCUT2D eigenvalue weighted by Gasteiger charge is -1.91. The highest BCUT2D eigenvalue weighted by atomic mass is 16.3. The molecule has 0 radical (unpaired) electrons. The molecule has 4 aromatic heterocycles. The number of hydrogen-bond acceptors (Lipinski definition) is 3. The van der Waals surface area contributed by atoms with Gasteiger partial charge in [-0.05, 0) is 18.2 Å². The Morgan fingerprint density at radius 3 is 3.05 bits per heavy atom. The molecule has 5 heterocycles. The minimum absolute atomic E-state index is 0.797. The number of aromatic nitrogens is 4. The first-order chi connectivity index (χ1) is 9.42. The predicted molar refractivity (Wildman–Crippen MR) is 67.5 cm³/mol. The molecule has 90 valence electrons. The number of fused-ring (bicyclic) bond motifs is 7. The number of imidazole rings is 1. The van der Waals surface area contributed by atoms with Crippen molar-refractivity contribution < 1.29 is 8.82 Å². The van der Waals surface area contributed by atoms with Gasteiger partial charge in [-0.15, -0.1) is 4.98 Å². The number of rotatable bonds is 0. The van der Waals surface area contributed by atoms with Crippen molar-refractivity contribution in [2.45, 2.75) is 6.54 Å². The SMILES string of the molecule is c1cnc2c(c1)Cn1c[n+]3c(oc4cccnc43)c1-2. The number of oxazole rings is 1. The Balaban J connectivity index is 1.97. The Morgan fingerprint density at radius 2 is 2.05 bits per heavy atom. The number of nitrogens with zero attached hydrogens (tertiary/aromatic N) is 4. The van der Waals surface area contributed by atoms with Crippen LogP contribution in [-0.2, 0) is 6.54 Å². The fraction of sp³-hybridized carbons (Fsp3) is 0.0714. The first-order valence-corrected chi connectivity index (χ1v) is 6.14. The maximum Gasteiger partial charge on any atom is 0.313 e. The van der Waals surface area contributed by atoms with Crippen molar-refractivity contribution in [3.63, 3.8) is 0 Å². The van der Waals surface area contributed by atoms with E-state index in [1.54, 1.807) is 6.20 Å². The van der Waals surface area contributed by atoms with Crippen LogP contribution in [0, 0.1) is 0 Å². The molecule has 0 aliphatic carbocycles. The lowest BCUT2D eigenvalue weighted by Crippen LogP contribution is -2.17. The van der Waals surface area contributed by atoms with E-state index in [0.29, 0.717) is 0 Å². The second-order valence-electron chi connectivity index (χ2n) is 4.71. The summed E-state index contributed by atoms with van der Waals surface area (Å²) in [7, 11) is 0. The van der Waals surface area contributed by atoms with E-state index in [4.69, 9.17) is 4.42 Å². The van der Waals surface area contributed by atoms with Gasteiger partial charge in [0.15, 0.2) is 6.33 Å². The quantitative estimate of drug-likeness (QED) is 0.393. The summed E-state index contributed by atoms with van der Waals surface area (Å²) in [5.41, 5.74) is 5.72. The third kappa shape index (κ3) is 1.03. The predicted octanol–water partition coefficient (Wildman–Crippen LogP) is 1.79. The van der Waals surface area contributed by atoms with Gasteiger partial charge in [-0.2, -0.15) is 4.40 Å². The molecule has 0 saturated heterocycles. The van der Waals surface area contributed by atoms with E-state index in [1.165, 1.54) is 5.56 Å². The van der Waals surface area contributed by atoms with Gasteiger partial charge in [0.25, 0.3) is 0 Å². The molecule has 0 N–H and O–H groups in total. The molecule has 1 aliphatic heterocycles. The molecule has 5 heteroatoms. The maximum absolute atomic E-state index is 5.93. The summed E-state index contributed by atoms with van der Waals surface area (Å²) in [6, 6.07) is 7.88. The molecule has 0 saturated carbocycles. The molecule has 5 nitrogen and oxygen atoms in total. The highest BCUT2D eigenvalue weighted by Crippen LogP contribution is 2.33. The number of pyridine rings is 2. The van der Waals surface area contributed by atoms with Crippen LogP contribution in [0.15, 0.2) is 47.4 Å². The normalized spacial score (nSPS) is 13.1. The molecule has 19 heavy (non-hydrogen) atoms. The maximum atomic E-state index is 5.93. The largest absolute Gasteiger partial charge is 0.419 e. The highest BCUT2D eigenvalue weighted by Gasteiger charge is 2.31. The molecular weight excluding hydrogens is 240 g/mol. The van der Waals surface area contributed by atoms with E-state index in [0.717, 1.165) is 34.9 Å². The average Bonchev–Trinajstić information content (AvgIpc) is 3.05. The molecule has 0 atom stereocenters. The van der Waals surface area contributed by atoms with Crippen molar-refractivity contribution in [2.24, 2.45) is 0 Å². The summed E-state index contributed by atoms with van der Waals surface area (Å²) in [4.78, 5) is 8.85. The molecule has 5 rings (SSSR count). The van der Waals surface area contributed by atoms with Crippen LogP contribution in [0.5, 0.6) is 0 Å². The smallest absolute Gasteiger partial charge is 0.313 e. The van der Waals surface area contributed by atoms with E-state index in [-0.39, 0.29) is 0 Å². The molecule has 0 fully saturated rings. The zero-order chi connectivity index (χ0) is 12.4. The van der Waals surface area contributed by atoms with Crippen LogP contribution >= 0.6 is 0 Å². The monoisotopic (exact) mass is 249 g/mol. The zero-order valence-electron chi connectivity index (χ0n) is 9.95. The topological polar surface area (TPSA) is 48.0 Å². The molecule has 0 unspecified atom stereocenters. The minimum Gasteiger partial charge on any atom is -0.419 e. The van der Waals surface area contributed by atoms with Gasteiger partial charge in [0.2, 0.25) is 11.3 Å². The van der Waals surface area contributed by atoms with Crippen molar-refractivity contribution in [2.75, 3.05) is 0 Å². The van der Waals surface area contributed by atoms with E-state index in [9.17, 15) is 0 Å². The first-order valence-electron chi connectivity index (χ1n) is 6.14. The molecule has 4 aromatic rings. The Kier molecular flexibility index (Phi) is 1.46. The Hall–Kier alpha value is -2.69. The molecule has 1 aliphatic rings. The van der Waals surface area contributed by atoms with Crippen molar-refractivity contribution >= 4 is 16.9 Å². The fourth-order valence-corrected chi connectivity index (χ4v) is 2.80. The second kappa shape index (κ2) is 3.00. The van der Waals surface area contributed by atoms with Gasteiger partial charge in [-0.25, -0.2) is 0 Å². The van der Waals surface area contributed by atoms with Crippen LogP contribution < -0.4 is 4.40 Å². The Bertz CT molecular complexity index is 951. The lowest BCUT2D eigenvalue weighted by atomic mass is 10.2. The van der Waals surface area contributed by atoms with Gasteiger partial charge < -0.3 is 4.42 Å². The van der Waals surface area contributed by atoms with Crippen LogP contribution in [0.1, 0.15) is 5.56 Å². The summed E-state index contributed by atoms with van der Waals surface area (Å²) in [5, 5.41) is 0. The summed E-state index contributed by atoms with van der Waals surface area (Å²) in [6.45, 7) is 0.837. The third-order valence-electron chi connectivity index (χ3n) is 3.61. The molecular formula is C14H9N4O+. The third-order valence-corrected chi connectivity index (χ3v) is 3.61. The van der Waals surface area contributed by atoms with Crippen molar-refractivity contribution in [3.05, 3.63) is 48.5 Å². The molecule has 0 bridgehead atoms. The van der Waals surface area contributed by atoms with Gasteiger partial charge in [0.1, 0.15) is 11.9 Å². The zero-order valence-corrected chi connectivity index (χ0v) is 9.95. The van der Waals surface area contributed by atoms with Crippen molar-refractivity contribution in [1.29, 1.82) is 0 Å². The summed E-state index contributed by atoms with van der Waals surface area (Å²) < 4.78 is 10.1. The second-order valence-corrected chi connectivity index (χ2v) is 4.71. The van der Waals surface area contributed by atoms with Crippen LogP contribution in [0.3, 0.4) is 0 Å². The van der Waals surface area contributed by atoms with Gasteiger partial charge in [0, 0.05) is 11.8 Å². The van der Waals surface area contributed by atoms with E-state index >= 15 is 0 Å². The molecule has 0 aromatic carbocycles. The Labute approximate surface area is 107 Å². The average molecular weight is 249 g/mol. The molecule has 0 spiro atoms. The van der Waals surface area contributed by atoms with Crippen LogP contribution in [0.4, 0.5) is 0 Å². The van der Waals surface area contributed by atoms with E-state index < -0.39 is 0 Å². The van der Waals surface area contributed by atoms with Gasteiger partial charge in [0.05, 0.1) is 6.54 Å². The minimum atomic E-state index is 0.797. The molecule has 0 amide bonds. The van der Waals surface area contributed by atoms with Crippen LogP contribution in [0.2, 0.25) is 0 Å². The first kappa shape index (κ1) is 9.27. The fourth-order valence-electron chi connectivity index (χ4n) is 2.80. The van der Waals surface area contributed by atoms with Crippen LogP contribution in [-0.4, -0.2) is 14.5 Å². The van der Waals surface area contributed by atoms with Gasteiger partial charge in [-0.3, -0.25) is 9.55 Å². The summed E-state index contributed by atoms with van der Waals surface area (Å²) in [5.74, 6) is 0. The highest BCUT2D eigenvalue weighted by molar-refractivity contribution is 5.77. The van der Waals surface area contributed by atoms with Crippen LogP contribution in [0.25, 0.3) is 28.3 Å². The van der Waals surface area contributed by atoms with Crippen molar-refractivity contribution in [3.8, 4) is 11.4 Å². The summed E-state index contributed by atoms with van der Waals surface area (Å²) >= 11 is 0. The van der Waals surface area contributed by atoms with E-state index in [2.05, 4.69) is 20.6 Å². The Morgan fingerprint density at radius 1 is 1.16 bits per heavy atom. The lowest BCUT2D eigenvalue weighted by molar-refractivity contribution is -0.488. The standard InChI is InChI=1S/C14H9N4O/c1-3-9-7-17-8-18-13-10(4-2-6-16-13)19-14(18)12(17)11(9)15-5-1/h1-6,8H,7H2/q+1. The van der Waals surface area contributed by atoms with Gasteiger partial charge in [-0.1, -0.05) is 6.07 Å². The van der Waals surface area contributed by atoms with E-state index in [1.807, 2.05) is 35.1 Å². The summed E-state index contributed by atoms with van der Waals surface area (Å²) in [6.07, 6.45) is 5.63. The van der Waals surface area contributed by atoms with Gasteiger partial charge >= 0.3 is 11.4 Å².